The third-order valence-electron chi connectivity index (χ3n) is 2.00. The molecule has 0 spiro atoms. The number of aromatic nitrogens is 2. The molecule has 0 bridgehead atoms. The Hall–Kier alpha value is -0.940. The van der Waals surface area contributed by atoms with Crippen LogP contribution < -0.4 is 0 Å². The van der Waals surface area contributed by atoms with Crippen LogP contribution in [0, 0.1) is 0 Å². The second kappa shape index (κ2) is 5.82. The Morgan fingerprint density at radius 3 is 2.80 bits per heavy atom. The van der Waals surface area contributed by atoms with E-state index in [1.807, 2.05) is 25.9 Å². The monoisotopic (exact) mass is 213 g/mol. The quantitative estimate of drug-likeness (QED) is 0.758. The summed E-state index contributed by atoms with van der Waals surface area (Å²) in [6.07, 6.45) is 1.81. The molecule has 15 heavy (non-hydrogen) atoms. The molecule has 5 nitrogen and oxygen atoms in total. The molecule has 1 rings (SSSR count). The fourth-order valence-electron chi connectivity index (χ4n) is 1.36. The molecule has 0 saturated carbocycles. The Morgan fingerprint density at radius 1 is 1.47 bits per heavy atom. The third kappa shape index (κ3) is 4.40. The molecule has 1 aromatic rings. The summed E-state index contributed by atoms with van der Waals surface area (Å²) in [7, 11) is 3.89. The molecule has 1 unspecified atom stereocenters. The minimum atomic E-state index is -0.373. The molecule has 1 N–H and O–H groups in total. The Kier molecular flexibility index (Phi) is 4.71. The molecule has 5 heteroatoms. The average Bonchev–Trinajstić information content (AvgIpc) is 2.51. The molecular formula is C10H19N3O2. The summed E-state index contributed by atoms with van der Waals surface area (Å²) >= 11 is 0. The minimum absolute atomic E-state index is 0.373. The van der Waals surface area contributed by atoms with Crippen LogP contribution in [0.3, 0.4) is 0 Å². The van der Waals surface area contributed by atoms with Gasteiger partial charge in [-0.3, -0.25) is 0 Å². The molecule has 1 aromatic heterocycles. The summed E-state index contributed by atoms with van der Waals surface area (Å²) in [5.41, 5.74) is 0. The van der Waals surface area contributed by atoms with Crippen molar-refractivity contribution in [1.82, 2.24) is 15.0 Å². The molecule has 0 aliphatic rings. The highest BCUT2D eigenvalue weighted by Gasteiger charge is 2.11. The van der Waals surface area contributed by atoms with Crippen LogP contribution in [0.4, 0.5) is 0 Å². The number of hydrogen-bond donors (Lipinski definition) is 1. The number of nitrogens with zero attached hydrogens (tertiary/aromatic N) is 3. The zero-order valence-electron chi connectivity index (χ0n) is 9.60. The first-order valence-corrected chi connectivity index (χ1v) is 5.26. The normalized spacial score (nSPS) is 13.4. The van der Waals surface area contributed by atoms with E-state index in [2.05, 4.69) is 10.1 Å². The second-order valence-electron chi connectivity index (χ2n) is 3.99. The highest BCUT2D eigenvalue weighted by atomic mass is 16.5. The fraction of sp³-hybridized carbons (Fsp3) is 0.800. The maximum absolute atomic E-state index is 9.56. The summed E-state index contributed by atoms with van der Waals surface area (Å²) in [5.74, 6) is 1.19. The molecule has 0 aromatic carbocycles. The van der Waals surface area contributed by atoms with Crippen molar-refractivity contribution in [2.45, 2.75) is 38.8 Å². The van der Waals surface area contributed by atoms with Gasteiger partial charge in [0, 0.05) is 0 Å². The maximum atomic E-state index is 9.56. The van der Waals surface area contributed by atoms with E-state index >= 15 is 0 Å². The molecule has 1 heterocycles. The van der Waals surface area contributed by atoms with Crippen LogP contribution in [0.1, 0.15) is 31.5 Å². The van der Waals surface area contributed by atoms with Crippen LogP contribution in [0.15, 0.2) is 4.52 Å². The molecule has 0 fully saturated rings. The lowest BCUT2D eigenvalue weighted by Crippen LogP contribution is -2.12. The molecule has 0 radical (unpaired) electrons. The zero-order chi connectivity index (χ0) is 11.3. The van der Waals surface area contributed by atoms with Crippen LogP contribution in [0.5, 0.6) is 0 Å². The van der Waals surface area contributed by atoms with Gasteiger partial charge in [-0.2, -0.15) is 4.98 Å². The van der Waals surface area contributed by atoms with Crippen molar-refractivity contribution in [3.63, 3.8) is 0 Å². The third-order valence-corrected chi connectivity index (χ3v) is 2.00. The number of hydrogen-bond acceptors (Lipinski definition) is 5. The molecule has 0 aliphatic carbocycles. The van der Waals surface area contributed by atoms with E-state index in [0.717, 1.165) is 12.8 Å². The predicted octanol–water partition coefficient (Wildman–Crippen LogP) is 0.835. The molecule has 0 saturated heterocycles. The fourth-order valence-corrected chi connectivity index (χ4v) is 1.36. The predicted molar refractivity (Wildman–Crippen MR) is 56.3 cm³/mol. The van der Waals surface area contributed by atoms with Crippen LogP contribution in [0.25, 0.3) is 0 Å². The second-order valence-corrected chi connectivity index (χ2v) is 3.99. The van der Waals surface area contributed by atoms with Crippen molar-refractivity contribution >= 4 is 0 Å². The Labute approximate surface area is 90.1 Å². The van der Waals surface area contributed by atoms with Gasteiger partial charge in [0.15, 0.2) is 5.82 Å². The van der Waals surface area contributed by atoms with Gasteiger partial charge in [-0.1, -0.05) is 18.5 Å². The van der Waals surface area contributed by atoms with E-state index in [1.54, 1.807) is 0 Å². The van der Waals surface area contributed by atoms with Crippen molar-refractivity contribution < 1.29 is 9.63 Å². The number of aliphatic hydroxyl groups excluding tert-OH is 1. The maximum Gasteiger partial charge on any atom is 0.229 e. The smallest absolute Gasteiger partial charge is 0.229 e. The Balaban J connectivity index is 2.45. The van der Waals surface area contributed by atoms with Gasteiger partial charge in [0.2, 0.25) is 5.89 Å². The molecule has 0 aliphatic heterocycles. The lowest BCUT2D eigenvalue weighted by Gasteiger charge is -2.04. The lowest BCUT2D eigenvalue weighted by molar-refractivity contribution is 0.151. The topological polar surface area (TPSA) is 62.4 Å². The van der Waals surface area contributed by atoms with Gasteiger partial charge in [0.05, 0.1) is 19.1 Å². The molecule has 86 valence electrons. The van der Waals surface area contributed by atoms with E-state index in [1.165, 1.54) is 0 Å². The summed E-state index contributed by atoms with van der Waals surface area (Å²) in [6.45, 7) is 2.70. The van der Waals surface area contributed by atoms with Crippen LogP contribution >= 0.6 is 0 Å². The molecular weight excluding hydrogens is 194 g/mol. The Morgan fingerprint density at radius 2 is 2.20 bits per heavy atom. The van der Waals surface area contributed by atoms with Gasteiger partial charge in [-0.15, -0.1) is 0 Å². The van der Waals surface area contributed by atoms with Crippen molar-refractivity contribution in [1.29, 1.82) is 0 Å². The van der Waals surface area contributed by atoms with Gasteiger partial charge < -0.3 is 14.5 Å². The highest BCUT2D eigenvalue weighted by molar-refractivity contribution is 4.87. The highest BCUT2D eigenvalue weighted by Crippen LogP contribution is 2.06. The minimum Gasteiger partial charge on any atom is -0.393 e. The zero-order valence-corrected chi connectivity index (χ0v) is 9.60. The standard InChI is InChI=1S/C10H19N3O2/c1-4-5-8(14)6-10-11-9(12-15-10)7-13(2)3/h8,14H,4-7H2,1-3H3. The summed E-state index contributed by atoms with van der Waals surface area (Å²) in [4.78, 5) is 6.16. The van der Waals surface area contributed by atoms with E-state index in [-0.39, 0.29) is 6.10 Å². The first-order valence-electron chi connectivity index (χ1n) is 5.26. The van der Waals surface area contributed by atoms with Crippen molar-refractivity contribution in [3.8, 4) is 0 Å². The van der Waals surface area contributed by atoms with Crippen molar-refractivity contribution in [2.75, 3.05) is 14.1 Å². The van der Waals surface area contributed by atoms with Gasteiger partial charge in [-0.25, -0.2) is 0 Å². The molecule has 0 amide bonds. The van der Waals surface area contributed by atoms with Gasteiger partial charge in [0.25, 0.3) is 0 Å². The van der Waals surface area contributed by atoms with Gasteiger partial charge in [0.1, 0.15) is 0 Å². The van der Waals surface area contributed by atoms with Gasteiger partial charge in [-0.05, 0) is 20.5 Å². The van der Waals surface area contributed by atoms with Crippen LogP contribution in [0.2, 0.25) is 0 Å². The number of aliphatic hydroxyl groups is 1. The lowest BCUT2D eigenvalue weighted by atomic mass is 10.1. The summed E-state index contributed by atoms with van der Waals surface area (Å²) in [6, 6.07) is 0. The van der Waals surface area contributed by atoms with Crippen molar-refractivity contribution in [3.05, 3.63) is 11.7 Å². The van der Waals surface area contributed by atoms with E-state index in [4.69, 9.17) is 4.52 Å². The van der Waals surface area contributed by atoms with E-state index in [0.29, 0.717) is 24.7 Å². The summed E-state index contributed by atoms with van der Waals surface area (Å²) in [5, 5.41) is 13.4. The number of rotatable bonds is 6. The van der Waals surface area contributed by atoms with Crippen LogP contribution in [-0.4, -0.2) is 40.3 Å². The van der Waals surface area contributed by atoms with Gasteiger partial charge >= 0.3 is 0 Å². The molecule has 1 atom stereocenters. The van der Waals surface area contributed by atoms with E-state index in [9.17, 15) is 5.11 Å². The SMILES string of the molecule is CCCC(O)Cc1nc(CN(C)C)no1. The summed E-state index contributed by atoms with van der Waals surface area (Å²) < 4.78 is 5.03. The first kappa shape index (κ1) is 12.1. The average molecular weight is 213 g/mol. The van der Waals surface area contributed by atoms with E-state index < -0.39 is 0 Å². The Bertz CT molecular complexity index is 286. The largest absolute Gasteiger partial charge is 0.393 e. The van der Waals surface area contributed by atoms with Crippen LogP contribution in [-0.2, 0) is 13.0 Å². The first-order chi connectivity index (χ1) is 7.11. The van der Waals surface area contributed by atoms with Crippen molar-refractivity contribution in [2.24, 2.45) is 0 Å².